The Morgan fingerprint density at radius 3 is 2.45 bits per heavy atom. The fourth-order valence-corrected chi connectivity index (χ4v) is 2.04. The number of aliphatic hydroxyl groups is 1. The largest absolute Gasteiger partial charge is 0.435 e. The van der Waals surface area contributed by atoms with Crippen molar-refractivity contribution < 1.29 is 18.6 Å². The van der Waals surface area contributed by atoms with Crippen molar-refractivity contribution in [3.8, 4) is 5.75 Å². The molecule has 0 aliphatic carbocycles. The Bertz CT molecular complexity index is 567. The number of aromatic nitrogens is 2. The third-order valence-corrected chi connectivity index (χ3v) is 2.99. The predicted molar refractivity (Wildman–Crippen MR) is 69.7 cm³/mol. The van der Waals surface area contributed by atoms with Gasteiger partial charge in [0.25, 0.3) is 0 Å². The highest BCUT2D eigenvalue weighted by molar-refractivity contribution is 5.29. The van der Waals surface area contributed by atoms with Gasteiger partial charge in [-0.25, -0.2) is 0 Å². The summed E-state index contributed by atoms with van der Waals surface area (Å²) in [5.41, 5.74) is 2.43. The number of nitrogens with zero attached hydrogens (tertiary/aromatic N) is 2. The number of rotatable bonds is 5. The minimum absolute atomic E-state index is 0.0762. The lowest BCUT2D eigenvalue weighted by molar-refractivity contribution is -0.0498. The van der Waals surface area contributed by atoms with Gasteiger partial charge in [0.05, 0.1) is 11.8 Å². The van der Waals surface area contributed by atoms with E-state index >= 15 is 0 Å². The molecule has 1 unspecified atom stereocenters. The highest BCUT2D eigenvalue weighted by atomic mass is 19.3. The standard InChI is InChI=1S/C14H16F2N2O2/c1-9-7-11(18(2)17-9)8-13(19)10-3-5-12(6-4-10)20-14(15)16/h3-7,13-14,19H,8H2,1-2H3. The molecule has 0 saturated heterocycles. The first kappa shape index (κ1) is 14.5. The average Bonchev–Trinajstić information content (AvgIpc) is 2.68. The van der Waals surface area contributed by atoms with Crippen LogP contribution < -0.4 is 4.74 Å². The Morgan fingerprint density at radius 2 is 1.95 bits per heavy atom. The van der Waals surface area contributed by atoms with Crippen LogP contribution in [0.5, 0.6) is 5.75 Å². The van der Waals surface area contributed by atoms with Crippen molar-refractivity contribution >= 4 is 0 Å². The average molecular weight is 282 g/mol. The number of hydrogen-bond donors (Lipinski definition) is 1. The number of aryl methyl sites for hydroxylation is 2. The molecule has 6 heteroatoms. The maximum absolute atomic E-state index is 12.0. The predicted octanol–water partition coefficient (Wildman–Crippen LogP) is 2.61. The summed E-state index contributed by atoms with van der Waals surface area (Å²) in [6.07, 6.45) is -0.308. The lowest BCUT2D eigenvalue weighted by Crippen LogP contribution is -2.07. The van der Waals surface area contributed by atoms with Gasteiger partial charge in [-0.2, -0.15) is 13.9 Å². The summed E-state index contributed by atoms with van der Waals surface area (Å²) in [5, 5.41) is 14.4. The van der Waals surface area contributed by atoms with E-state index in [4.69, 9.17) is 0 Å². The van der Waals surface area contributed by atoms with E-state index in [1.54, 1.807) is 16.8 Å². The Hall–Kier alpha value is -1.95. The fraction of sp³-hybridized carbons (Fsp3) is 0.357. The molecular formula is C14H16F2N2O2. The number of ether oxygens (including phenoxy) is 1. The summed E-state index contributed by atoms with van der Waals surface area (Å²) in [4.78, 5) is 0. The van der Waals surface area contributed by atoms with E-state index in [1.807, 2.05) is 20.0 Å². The van der Waals surface area contributed by atoms with Crippen molar-refractivity contribution in [1.82, 2.24) is 9.78 Å². The van der Waals surface area contributed by atoms with Crippen LogP contribution in [0, 0.1) is 6.92 Å². The van der Waals surface area contributed by atoms with Gasteiger partial charge in [-0.1, -0.05) is 12.1 Å². The zero-order valence-corrected chi connectivity index (χ0v) is 11.3. The van der Waals surface area contributed by atoms with Gasteiger partial charge in [0.1, 0.15) is 5.75 Å². The first-order valence-corrected chi connectivity index (χ1v) is 6.18. The monoisotopic (exact) mass is 282 g/mol. The molecule has 0 spiro atoms. The van der Waals surface area contributed by atoms with Gasteiger partial charge in [0.2, 0.25) is 0 Å². The lowest BCUT2D eigenvalue weighted by atomic mass is 10.0. The molecule has 1 atom stereocenters. The van der Waals surface area contributed by atoms with Gasteiger partial charge in [-0.05, 0) is 30.7 Å². The van der Waals surface area contributed by atoms with Crippen molar-refractivity contribution in [1.29, 1.82) is 0 Å². The van der Waals surface area contributed by atoms with Crippen LogP contribution in [0.3, 0.4) is 0 Å². The van der Waals surface area contributed by atoms with Gasteiger partial charge in [0, 0.05) is 19.2 Å². The second kappa shape index (κ2) is 6.00. The first-order chi connectivity index (χ1) is 9.45. The van der Waals surface area contributed by atoms with E-state index in [-0.39, 0.29) is 5.75 Å². The third-order valence-electron chi connectivity index (χ3n) is 2.99. The Kier molecular flexibility index (Phi) is 4.34. The minimum atomic E-state index is -2.84. The van der Waals surface area contributed by atoms with Crippen LogP contribution in [0.15, 0.2) is 30.3 Å². The van der Waals surface area contributed by atoms with Crippen LogP contribution in [0.25, 0.3) is 0 Å². The summed E-state index contributed by atoms with van der Waals surface area (Å²) in [6.45, 7) is -0.963. The quantitative estimate of drug-likeness (QED) is 0.917. The molecule has 1 aromatic heterocycles. The maximum Gasteiger partial charge on any atom is 0.387 e. The lowest BCUT2D eigenvalue weighted by Gasteiger charge is -2.12. The highest BCUT2D eigenvalue weighted by Gasteiger charge is 2.12. The van der Waals surface area contributed by atoms with Crippen molar-refractivity contribution in [3.63, 3.8) is 0 Å². The van der Waals surface area contributed by atoms with Gasteiger partial charge in [0.15, 0.2) is 0 Å². The van der Waals surface area contributed by atoms with E-state index in [1.165, 1.54) is 12.1 Å². The molecule has 0 aliphatic rings. The molecule has 0 aliphatic heterocycles. The molecule has 0 amide bonds. The van der Waals surface area contributed by atoms with Crippen LogP contribution in [-0.2, 0) is 13.5 Å². The second-order valence-electron chi connectivity index (χ2n) is 4.57. The fourth-order valence-electron chi connectivity index (χ4n) is 2.04. The van der Waals surface area contributed by atoms with E-state index in [0.717, 1.165) is 11.4 Å². The second-order valence-corrected chi connectivity index (χ2v) is 4.57. The van der Waals surface area contributed by atoms with Crippen molar-refractivity contribution in [2.75, 3.05) is 0 Å². The minimum Gasteiger partial charge on any atom is -0.435 e. The number of alkyl halides is 2. The number of hydrogen-bond acceptors (Lipinski definition) is 3. The molecule has 108 valence electrons. The smallest absolute Gasteiger partial charge is 0.387 e. The molecule has 0 saturated carbocycles. The maximum atomic E-state index is 12.0. The number of halogens is 2. The molecule has 2 rings (SSSR count). The first-order valence-electron chi connectivity index (χ1n) is 6.18. The third kappa shape index (κ3) is 3.54. The van der Waals surface area contributed by atoms with Crippen LogP contribution >= 0.6 is 0 Å². The molecule has 1 N–H and O–H groups in total. The molecule has 1 aromatic carbocycles. The zero-order valence-electron chi connectivity index (χ0n) is 11.3. The number of aliphatic hydroxyl groups excluding tert-OH is 1. The number of benzene rings is 1. The van der Waals surface area contributed by atoms with Crippen molar-refractivity contribution in [2.24, 2.45) is 7.05 Å². The van der Waals surface area contributed by atoms with E-state index in [9.17, 15) is 13.9 Å². The van der Waals surface area contributed by atoms with Gasteiger partial charge >= 0.3 is 6.61 Å². The molecule has 0 fully saturated rings. The van der Waals surface area contributed by atoms with Crippen molar-refractivity contribution in [2.45, 2.75) is 26.1 Å². The molecule has 0 bridgehead atoms. The molecule has 1 heterocycles. The van der Waals surface area contributed by atoms with Gasteiger partial charge in [-0.3, -0.25) is 4.68 Å². The van der Waals surface area contributed by atoms with Crippen molar-refractivity contribution in [3.05, 3.63) is 47.3 Å². The topological polar surface area (TPSA) is 47.3 Å². The van der Waals surface area contributed by atoms with E-state index < -0.39 is 12.7 Å². The Balaban J connectivity index is 2.05. The Labute approximate surface area is 115 Å². The molecule has 2 aromatic rings. The van der Waals surface area contributed by atoms with Crippen LogP contribution in [0.1, 0.15) is 23.1 Å². The van der Waals surface area contributed by atoms with Crippen LogP contribution in [-0.4, -0.2) is 21.5 Å². The van der Waals surface area contributed by atoms with Gasteiger partial charge in [-0.15, -0.1) is 0 Å². The normalized spacial score (nSPS) is 12.7. The molecular weight excluding hydrogens is 266 g/mol. The summed E-state index contributed by atoms with van der Waals surface area (Å²) in [7, 11) is 1.81. The SMILES string of the molecule is Cc1cc(CC(O)c2ccc(OC(F)F)cc2)n(C)n1. The Morgan fingerprint density at radius 1 is 1.30 bits per heavy atom. The highest BCUT2D eigenvalue weighted by Crippen LogP contribution is 2.22. The zero-order chi connectivity index (χ0) is 14.7. The summed E-state index contributed by atoms with van der Waals surface area (Å²) < 4.78 is 30.0. The van der Waals surface area contributed by atoms with E-state index in [2.05, 4.69) is 9.84 Å². The molecule has 4 nitrogen and oxygen atoms in total. The van der Waals surface area contributed by atoms with Crippen LogP contribution in [0.2, 0.25) is 0 Å². The summed E-state index contributed by atoms with van der Waals surface area (Å²) in [6, 6.07) is 7.88. The van der Waals surface area contributed by atoms with Gasteiger partial charge < -0.3 is 9.84 Å². The van der Waals surface area contributed by atoms with E-state index in [0.29, 0.717) is 12.0 Å². The summed E-state index contributed by atoms with van der Waals surface area (Å²) in [5.74, 6) is 0.0762. The summed E-state index contributed by atoms with van der Waals surface area (Å²) >= 11 is 0. The molecule has 20 heavy (non-hydrogen) atoms. The van der Waals surface area contributed by atoms with Crippen LogP contribution in [0.4, 0.5) is 8.78 Å². The molecule has 0 radical (unpaired) electrons.